The SMILES string of the molecule is CC(C)C1CC2(C1)CS(=O)(=O)C2. The van der Waals surface area contributed by atoms with Gasteiger partial charge in [0.15, 0.2) is 9.84 Å². The predicted molar refractivity (Wildman–Crippen MR) is 48.6 cm³/mol. The van der Waals surface area contributed by atoms with E-state index in [1.807, 2.05) is 0 Å². The normalized spacial score (nSPS) is 31.6. The molecule has 3 heteroatoms. The van der Waals surface area contributed by atoms with E-state index in [1.54, 1.807) is 0 Å². The molecule has 0 aromatic rings. The molecule has 1 aliphatic heterocycles. The summed E-state index contributed by atoms with van der Waals surface area (Å²) >= 11 is 0. The van der Waals surface area contributed by atoms with Gasteiger partial charge < -0.3 is 0 Å². The maximum absolute atomic E-state index is 11.0. The topological polar surface area (TPSA) is 34.1 Å². The van der Waals surface area contributed by atoms with Crippen molar-refractivity contribution in [2.75, 3.05) is 11.5 Å². The van der Waals surface area contributed by atoms with E-state index in [-0.39, 0.29) is 5.41 Å². The number of hydrogen-bond donors (Lipinski definition) is 0. The lowest BCUT2D eigenvalue weighted by molar-refractivity contribution is 0.0536. The van der Waals surface area contributed by atoms with Crippen molar-refractivity contribution in [3.63, 3.8) is 0 Å². The second-order valence-electron chi connectivity index (χ2n) is 4.94. The highest BCUT2D eigenvalue weighted by molar-refractivity contribution is 7.92. The summed E-state index contributed by atoms with van der Waals surface area (Å²) in [5.41, 5.74) is 0.244. The molecule has 0 aromatic heterocycles. The van der Waals surface area contributed by atoms with Crippen molar-refractivity contribution in [1.29, 1.82) is 0 Å². The van der Waals surface area contributed by atoms with E-state index in [1.165, 1.54) is 0 Å². The molecule has 0 atom stereocenters. The maximum Gasteiger partial charge on any atom is 0.151 e. The molecule has 1 heterocycles. The Morgan fingerprint density at radius 2 is 1.75 bits per heavy atom. The highest BCUT2D eigenvalue weighted by Crippen LogP contribution is 2.55. The van der Waals surface area contributed by atoms with Gasteiger partial charge in [-0.2, -0.15) is 0 Å². The lowest BCUT2D eigenvalue weighted by Crippen LogP contribution is -2.57. The summed E-state index contributed by atoms with van der Waals surface area (Å²) in [6, 6.07) is 0. The zero-order valence-corrected chi connectivity index (χ0v) is 8.52. The van der Waals surface area contributed by atoms with E-state index in [2.05, 4.69) is 13.8 Å². The van der Waals surface area contributed by atoms with Gasteiger partial charge in [0.1, 0.15) is 0 Å². The summed E-state index contributed by atoms with van der Waals surface area (Å²) in [5, 5.41) is 0. The molecular formula is C9H16O2S. The Kier molecular flexibility index (Phi) is 1.60. The molecule has 0 N–H and O–H groups in total. The van der Waals surface area contributed by atoms with Crippen LogP contribution in [-0.2, 0) is 9.84 Å². The summed E-state index contributed by atoms with van der Waals surface area (Å²) in [6.07, 6.45) is 2.31. The minimum atomic E-state index is -2.60. The summed E-state index contributed by atoms with van der Waals surface area (Å²) < 4.78 is 21.9. The van der Waals surface area contributed by atoms with Crippen LogP contribution in [0.25, 0.3) is 0 Å². The Hall–Kier alpha value is -0.0500. The molecule has 0 amide bonds. The number of sulfone groups is 1. The zero-order valence-electron chi connectivity index (χ0n) is 7.71. The Labute approximate surface area is 74.3 Å². The fourth-order valence-electron chi connectivity index (χ4n) is 2.65. The van der Waals surface area contributed by atoms with Crippen molar-refractivity contribution >= 4 is 9.84 Å². The summed E-state index contributed by atoms with van der Waals surface area (Å²) in [6.45, 7) is 4.45. The zero-order chi connectivity index (χ0) is 8.98. The second-order valence-corrected chi connectivity index (χ2v) is 7.01. The fraction of sp³-hybridized carbons (Fsp3) is 1.00. The maximum atomic E-state index is 11.0. The van der Waals surface area contributed by atoms with Gasteiger partial charge in [0.2, 0.25) is 0 Å². The van der Waals surface area contributed by atoms with Crippen LogP contribution in [0.3, 0.4) is 0 Å². The molecular weight excluding hydrogens is 172 g/mol. The average molecular weight is 188 g/mol. The first-order valence-corrected chi connectivity index (χ1v) is 6.45. The number of hydrogen-bond acceptors (Lipinski definition) is 2. The quantitative estimate of drug-likeness (QED) is 0.624. The summed E-state index contributed by atoms with van der Waals surface area (Å²) in [5.74, 6) is 2.48. The van der Waals surface area contributed by atoms with Crippen LogP contribution in [0.4, 0.5) is 0 Å². The first-order valence-electron chi connectivity index (χ1n) is 4.63. The minimum Gasteiger partial charge on any atom is -0.229 e. The van der Waals surface area contributed by atoms with E-state index < -0.39 is 9.84 Å². The molecule has 1 aliphatic carbocycles. The van der Waals surface area contributed by atoms with Crippen molar-refractivity contribution in [2.24, 2.45) is 17.3 Å². The molecule has 2 fully saturated rings. The van der Waals surface area contributed by atoms with Gasteiger partial charge in [-0.15, -0.1) is 0 Å². The van der Waals surface area contributed by atoms with E-state index in [0.29, 0.717) is 11.5 Å². The van der Waals surface area contributed by atoms with E-state index >= 15 is 0 Å². The summed E-state index contributed by atoms with van der Waals surface area (Å²) in [4.78, 5) is 0. The highest BCUT2D eigenvalue weighted by atomic mass is 32.2. The van der Waals surface area contributed by atoms with E-state index in [4.69, 9.17) is 0 Å². The van der Waals surface area contributed by atoms with E-state index in [0.717, 1.165) is 24.7 Å². The molecule has 0 bridgehead atoms. The van der Waals surface area contributed by atoms with Crippen molar-refractivity contribution in [3.05, 3.63) is 0 Å². The Morgan fingerprint density at radius 3 is 2.08 bits per heavy atom. The monoisotopic (exact) mass is 188 g/mol. The molecule has 0 aromatic carbocycles. The fourth-order valence-corrected chi connectivity index (χ4v) is 4.90. The van der Waals surface area contributed by atoms with Gasteiger partial charge in [-0.3, -0.25) is 0 Å². The third-order valence-corrected chi connectivity index (χ3v) is 5.49. The predicted octanol–water partition coefficient (Wildman–Crippen LogP) is 1.47. The molecule has 12 heavy (non-hydrogen) atoms. The molecule has 1 saturated heterocycles. The van der Waals surface area contributed by atoms with Crippen LogP contribution in [0.2, 0.25) is 0 Å². The molecule has 1 saturated carbocycles. The molecule has 1 spiro atoms. The van der Waals surface area contributed by atoms with Crippen LogP contribution in [0.5, 0.6) is 0 Å². The van der Waals surface area contributed by atoms with Gasteiger partial charge in [0.05, 0.1) is 11.5 Å². The molecule has 2 aliphatic rings. The van der Waals surface area contributed by atoms with Crippen LogP contribution in [0.1, 0.15) is 26.7 Å². The molecule has 2 rings (SSSR count). The van der Waals surface area contributed by atoms with Gasteiger partial charge in [0.25, 0.3) is 0 Å². The van der Waals surface area contributed by atoms with Crippen LogP contribution in [0, 0.1) is 17.3 Å². The first-order chi connectivity index (χ1) is 5.43. The largest absolute Gasteiger partial charge is 0.229 e. The third-order valence-electron chi connectivity index (χ3n) is 3.39. The van der Waals surface area contributed by atoms with Crippen molar-refractivity contribution in [3.8, 4) is 0 Å². The Bertz CT molecular complexity index is 270. The van der Waals surface area contributed by atoms with Crippen molar-refractivity contribution in [1.82, 2.24) is 0 Å². The smallest absolute Gasteiger partial charge is 0.151 e. The standard InChI is InChI=1S/C9H16O2S/c1-7(2)8-3-9(4-8)5-12(10,11)6-9/h7-8H,3-6H2,1-2H3. The second kappa shape index (κ2) is 2.25. The van der Waals surface area contributed by atoms with Crippen molar-refractivity contribution < 1.29 is 8.42 Å². The van der Waals surface area contributed by atoms with Crippen LogP contribution < -0.4 is 0 Å². The first kappa shape index (κ1) is 8.54. The Balaban J connectivity index is 1.91. The lowest BCUT2D eigenvalue weighted by atomic mass is 9.60. The number of rotatable bonds is 1. The van der Waals surface area contributed by atoms with Gasteiger partial charge in [-0.1, -0.05) is 13.8 Å². The minimum absolute atomic E-state index is 0.244. The van der Waals surface area contributed by atoms with Gasteiger partial charge >= 0.3 is 0 Å². The third kappa shape index (κ3) is 1.18. The van der Waals surface area contributed by atoms with Gasteiger partial charge in [0, 0.05) is 0 Å². The van der Waals surface area contributed by atoms with Crippen LogP contribution >= 0.6 is 0 Å². The molecule has 0 unspecified atom stereocenters. The van der Waals surface area contributed by atoms with Crippen LogP contribution in [0.15, 0.2) is 0 Å². The lowest BCUT2D eigenvalue weighted by Gasteiger charge is -2.54. The van der Waals surface area contributed by atoms with Gasteiger partial charge in [-0.05, 0) is 30.1 Å². The van der Waals surface area contributed by atoms with Gasteiger partial charge in [-0.25, -0.2) is 8.42 Å². The van der Waals surface area contributed by atoms with E-state index in [9.17, 15) is 8.42 Å². The van der Waals surface area contributed by atoms with Crippen LogP contribution in [-0.4, -0.2) is 19.9 Å². The molecule has 70 valence electrons. The molecule has 2 nitrogen and oxygen atoms in total. The van der Waals surface area contributed by atoms with Crippen molar-refractivity contribution in [2.45, 2.75) is 26.7 Å². The Morgan fingerprint density at radius 1 is 1.25 bits per heavy atom. The highest BCUT2D eigenvalue weighted by Gasteiger charge is 2.56. The average Bonchev–Trinajstić information content (AvgIpc) is 1.75. The molecule has 0 radical (unpaired) electrons. The summed E-state index contributed by atoms with van der Waals surface area (Å²) in [7, 11) is -2.60.